The average Bonchev–Trinajstić information content (AvgIpc) is 2.97. The Balaban J connectivity index is 1.66. The standard InChI is InChI=1S/C13H15N5/c14-13-6-9-18(16-13)8-3-7-17-10-15-11-4-1-2-5-12(11)17/h1-2,4-6,9-10H,3,7-8H2,(H2,14,16). The van der Waals surface area contributed by atoms with Gasteiger partial charge in [0.1, 0.15) is 5.82 Å². The molecule has 0 bridgehead atoms. The Hall–Kier alpha value is -2.30. The lowest BCUT2D eigenvalue weighted by Crippen LogP contribution is -2.04. The SMILES string of the molecule is Nc1ccn(CCCn2cnc3ccccc32)n1. The van der Waals surface area contributed by atoms with Crippen LogP contribution in [0, 0.1) is 0 Å². The van der Waals surface area contributed by atoms with Crippen molar-refractivity contribution < 1.29 is 0 Å². The fraction of sp³-hybridized carbons (Fsp3) is 0.231. The van der Waals surface area contributed by atoms with E-state index in [9.17, 15) is 0 Å². The van der Waals surface area contributed by atoms with Gasteiger partial charge in [0.15, 0.2) is 0 Å². The zero-order valence-corrected chi connectivity index (χ0v) is 10.0. The van der Waals surface area contributed by atoms with Crippen molar-refractivity contribution in [2.24, 2.45) is 0 Å². The number of nitrogens with zero attached hydrogens (tertiary/aromatic N) is 4. The van der Waals surface area contributed by atoms with Gasteiger partial charge in [0, 0.05) is 19.3 Å². The Labute approximate surface area is 105 Å². The molecule has 0 aliphatic rings. The van der Waals surface area contributed by atoms with Gasteiger partial charge in [0.2, 0.25) is 0 Å². The van der Waals surface area contributed by atoms with Gasteiger partial charge in [0.05, 0.1) is 17.4 Å². The second-order valence-corrected chi connectivity index (χ2v) is 4.28. The van der Waals surface area contributed by atoms with Gasteiger partial charge in [-0.1, -0.05) is 12.1 Å². The second kappa shape index (κ2) is 4.52. The van der Waals surface area contributed by atoms with Crippen LogP contribution in [0.4, 0.5) is 5.82 Å². The summed E-state index contributed by atoms with van der Waals surface area (Å²) in [4.78, 5) is 4.37. The van der Waals surface area contributed by atoms with Crippen LogP contribution in [0.5, 0.6) is 0 Å². The van der Waals surface area contributed by atoms with Gasteiger partial charge in [-0.15, -0.1) is 0 Å². The molecule has 2 heterocycles. The Morgan fingerprint density at radius 1 is 1.11 bits per heavy atom. The number of fused-ring (bicyclic) bond motifs is 1. The minimum Gasteiger partial charge on any atom is -0.382 e. The van der Waals surface area contributed by atoms with E-state index in [4.69, 9.17) is 5.73 Å². The molecular weight excluding hydrogens is 226 g/mol. The molecule has 0 amide bonds. The van der Waals surface area contributed by atoms with Gasteiger partial charge in [-0.25, -0.2) is 4.98 Å². The largest absolute Gasteiger partial charge is 0.382 e. The maximum absolute atomic E-state index is 5.57. The number of nitrogen functional groups attached to an aromatic ring is 1. The normalized spacial score (nSPS) is 11.1. The zero-order chi connectivity index (χ0) is 12.4. The van der Waals surface area contributed by atoms with Gasteiger partial charge in [-0.2, -0.15) is 5.10 Å². The van der Waals surface area contributed by atoms with Crippen LogP contribution in [-0.4, -0.2) is 19.3 Å². The van der Waals surface area contributed by atoms with Crippen molar-refractivity contribution in [1.82, 2.24) is 19.3 Å². The zero-order valence-electron chi connectivity index (χ0n) is 10.0. The van der Waals surface area contributed by atoms with E-state index in [0.29, 0.717) is 5.82 Å². The quantitative estimate of drug-likeness (QED) is 0.759. The summed E-state index contributed by atoms with van der Waals surface area (Å²) in [7, 11) is 0. The first-order valence-electron chi connectivity index (χ1n) is 6.02. The molecule has 0 aliphatic carbocycles. The number of hydrogen-bond donors (Lipinski definition) is 1. The van der Waals surface area contributed by atoms with Crippen molar-refractivity contribution in [3.05, 3.63) is 42.9 Å². The Bertz CT molecular complexity index is 652. The number of para-hydroxylation sites is 2. The van der Waals surface area contributed by atoms with Crippen molar-refractivity contribution in [3.63, 3.8) is 0 Å². The lowest BCUT2D eigenvalue weighted by Gasteiger charge is -2.04. The molecule has 18 heavy (non-hydrogen) atoms. The molecule has 0 spiro atoms. The molecule has 5 heteroatoms. The summed E-state index contributed by atoms with van der Waals surface area (Å²) in [5.41, 5.74) is 7.79. The summed E-state index contributed by atoms with van der Waals surface area (Å²) in [6, 6.07) is 9.97. The molecule has 3 rings (SSSR count). The second-order valence-electron chi connectivity index (χ2n) is 4.28. The van der Waals surface area contributed by atoms with Crippen LogP contribution in [0.1, 0.15) is 6.42 Å². The van der Waals surface area contributed by atoms with Crippen LogP contribution in [0.2, 0.25) is 0 Å². The predicted octanol–water partition coefficient (Wildman–Crippen LogP) is 1.91. The maximum atomic E-state index is 5.57. The number of rotatable bonds is 4. The molecule has 2 N–H and O–H groups in total. The van der Waals surface area contributed by atoms with Crippen LogP contribution in [0.3, 0.4) is 0 Å². The molecule has 0 saturated heterocycles. The highest BCUT2D eigenvalue weighted by molar-refractivity contribution is 5.74. The Morgan fingerprint density at radius 2 is 2.00 bits per heavy atom. The van der Waals surface area contributed by atoms with Crippen LogP contribution in [-0.2, 0) is 13.1 Å². The molecule has 92 valence electrons. The van der Waals surface area contributed by atoms with E-state index in [1.54, 1.807) is 0 Å². The van der Waals surface area contributed by atoms with Crippen molar-refractivity contribution in [2.75, 3.05) is 5.73 Å². The summed E-state index contributed by atoms with van der Waals surface area (Å²) in [6.07, 6.45) is 4.80. The molecule has 1 aromatic carbocycles. The first-order chi connectivity index (χ1) is 8.83. The highest BCUT2D eigenvalue weighted by Crippen LogP contribution is 2.12. The fourth-order valence-corrected chi connectivity index (χ4v) is 2.09. The number of anilines is 1. The third-order valence-electron chi connectivity index (χ3n) is 2.97. The minimum atomic E-state index is 0.572. The molecule has 0 saturated carbocycles. The summed E-state index contributed by atoms with van der Waals surface area (Å²) >= 11 is 0. The summed E-state index contributed by atoms with van der Waals surface area (Å²) in [5, 5.41) is 4.16. The lowest BCUT2D eigenvalue weighted by molar-refractivity contribution is 0.533. The number of aromatic nitrogens is 4. The van der Waals surface area contributed by atoms with Crippen molar-refractivity contribution in [3.8, 4) is 0 Å². The monoisotopic (exact) mass is 241 g/mol. The van der Waals surface area contributed by atoms with Gasteiger partial charge in [-0.05, 0) is 24.6 Å². The number of aryl methyl sites for hydroxylation is 2. The van der Waals surface area contributed by atoms with Gasteiger partial charge < -0.3 is 10.3 Å². The van der Waals surface area contributed by atoms with Gasteiger partial charge in [0.25, 0.3) is 0 Å². The number of benzene rings is 1. The van der Waals surface area contributed by atoms with Crippen LogP contribution in [0.25, 0.3) is 11.0 Å². The smallest absolute Gasteiger partial charge is 0.145 e. The highest BCUT2D eigenvalue weighted by Gasteiger charge is 2.01. The molecular formula is C13H15N5. The number of imidazole rings is 1. The third-order valence-corrected chi connectivity index (χ3v) is 2.97. The molecule has 0 unspecified atom stereocenters. The van der Waals surface area contributed by atoms with Gasteiger partial charge in [-0.3, -0.25) is 4.68 Å². The van der Waals surface area contributed by atoms with E-state index in [0.717, 1.165) is 25.0 Å². The molecule has 0 aliphatic heterocycles. The topological polar surface area (TPSA) is 61.7 Å². The lowest BCUT2D eigenvalue weighted by atomic mass is 10.3. The first-order valence-corrected chi connectivity index (χ1v) is 6.02. The fourth-order valence-electron chi connectivity index (χ4n) is 2.09. The summed E-state index contributed by atoms with van der Waals surface area (Å²) in [6.45, 7) is 1.80. The van der Waals surface area contributed by atoms with E-state index in [1.807, 2.05) is 41.5 Å². The van der Waals surface area contributed by atoms with E-state index in [2.05, 4.69) is 20.7 Å². The molecule has 5 nitrogen and oxygen atoms in total. The van der Waals surface area contributed by atoms with Gasteiger partial charge >= 0.3 is 0 Å². The molecule has 0 fully saturated rings. The molecule has 2 aromatic heterocycles. The highest BCUT2D eigenvalue weighted by atomic mass is 15.3. The Kier molecular flexibility index (Phi) is 2.72. The summed E-state index contributed by atoms with van der Waals surface area (Å²) in [5.74, 6) is 0.572. The number of hydrogen-bond acceptors (Lipinski definition) is 3. The third kappa shape index (κ3) is 2.07. The van der Waals surface area contributed by atoms with Crippen LogP contribution < -0.4 is 5.73 Å². The molecule has 0 radical (unpaired) electrons. The predicted molar refractivity (Wildman–Crippen MR) is 71.0 cm³/mol. The van der Waals surface area contributed by atoms with Crippen molar-refractivity contribution in [2.45, 2.75) is 19.5 Å². The van der Waals surface area contributed by atoms with Crippen LogP contribution in [0.15, 0.2) is 42.9 Å². The molecule has 3 aromatic rings. The average molecular weight is 241 g/mol. The molecule has 0 atom stereocenters. The van der Waals surface area contributed by atoms with E-state index >= 15 is 0 Å². The van der Waals surface area contributed by atoms with E-state index in [1.165, 1.54) is 5.52 Å². The summed E-state index contributed by atoms with van der Waals surface area (Å²) < 4.78 is 4.04. The van der Waals surface area contributed by atoms with Crippen molar-refractivity contribution in [1.29, 1.82) is 0 Å². The van der Waals surface area contributed by atoms with Crippen LogP contribution >= 0.6 is 0 Å². The Morgan fingerprint density at radius 3 is 2.83 bits per heavy atom. The van der Waals surface area contributed by atoms with E-state index < -0.39 is 0 Å². The maximum Gasteiger partial charge on any atom is 0.145 e. The number of nitrogens with two attached hydrogens (primary N) is 1. The first kappa shape index (κ1) is 10.8. The van der Waals surface area contributed by atoms with Crippen molar-refractivity contribution >= 4 is 16.9 Å². The van der Waals surface area contributed by atoms with E-state index in [-0.39, 0.29) is 0 Å². The minimum absolute atomic E-state index is 0.572.